The summed E-state index contributed by atoms with van der Waals surface area (Å²) < 4.78 is 0. The lowest BCUT2D eigenvalue weighted by molar-refractivity contribution is -0.128. The molecule has 1 amide bonds. The summed E-state index contributed by atoms with van der Waals surface area (Å²) >= 11 is 0. The molecule has 0 saturated heterocycles. The number of hydrogen-bond donors (Lipinski definition) is 1. The molecule has 1 aliphatic rings. The van der Waals surface area contributed by atoms with Gasteiger partial charge >= 0.3 is 0 Å². The van der Waals surface area contributed by atoms with Crippen molar-refractivity contribution < 1.29 is 4.79 Å². The van der Waals surface area contributed by atoms with Crippen LogP contribution < -0.4 is 5.32 Å². The van der Waals surface area contributed by atoms with E-state index in [4.69, 9.17) is 6.42 Å². The number of hydrogen-bond acceptors (Lipinski definition) is 1. The predicted octanol–water partition coefficient (Wildman–Crippen LogP) is 2.34. The number of nitrogens with one attached hydrogen (secondary N) is 1. The van der Waals surface area contributed by atoms with E-state index in [1.165, 1.54) is 0 Å². The maximum absolute atomic E-state index is 12.0. The molecule has 1 fully saturated rings. The highest BCUT2D eigenvalue weighted by Gasteiger charge is 2.39. The second-order valence-electron chi connectivity index (χ2n) is 5.25. The topological polar surface area (TPSA) is 29.1 Å². The molecule has 0 bridgehead atoms. The van der Waals surface area contributed by atoms with Crippen molar-refractivity contribution >= 4 is 5.91 Å². The zero-order valence-electron chi connectivity index (χ0n) is 9.97. The average Bonchev–Trinajstić information content (AvgIpc) is 2.45. The van der Waals surface area contributed by atoms with Gasteiger partial charge in [-0.05, 0) is 25.2 Å². The van der Waals surface area contributed by atoms with Crippen LogP contribution in [0, 0.1) is 23.7 Å². The third kappa shape index (κ3) is 2.99. The molecule has 2 unspecified atom stereocenters. The van der Waals surface area contributed by atoms with Crippen molar-refractivity contribution in [3.05, 3.63) is 0 Å². The molecule has 2 atom stereocenters. The zero-order valence-corrected chi connectivity index (χ0v) is 9.97. The minimum Gasteiger partial charge on any atom is -0.352 e. The van der Waals surface area contributed by atoms with Crippen LogP contribution in [0.3, 0.4) is 0 Å². The largest absolute Gasteiger partial charge is 0.352 e. The van der Waals surface area contributed by atoms with Crippen LogP contribution in [0.1, 0.15) is 46.5 Å². The maximum Gasteiger partial charge on any atom is 0.223 e. The maximum atomic E-state index is 12.0. The van der Waals surface area contributed by atoms with E-state index in [1.807, 2.05) is 6.92 Å². The monoisotopic (exact) mass is 207 g/mol. The fourth-order valence-corrected chi connectivity index (χ4v) is 2.38. The second-order valence-corrected chi connectivity index (χ2v) is 5.25. The number of carbonyl (C=O) groups is 1. The Morgan fingerprint density at radius 3 is 2.80 bits per heavy atom. The van der Waals surface area contributed by atoms with Crippen LogP contribution in [-0.2, 0) is 4.79 Å². The van der Waals surface area contributed by atoms with Gasteiger partial charge in [-0.2, -0.15) is 0 Å². The van der Waals surface area contributed by atoms with Crippen LogP contribution in [0.5, 0.6) is 0 Å². The average molecular weight is 207 g/mol. The molecule has 0 aromatic heterocycles. The van der Waals surface area contributed by atoms with Gasteiger partial charge in [0.1, 0.15) is 0 Å². The quantitative estimate of drug-likeness (QED) is 0.707. The number of amides is 1. The van der Waals surface area contributed by atoms with Gasteiger partial charge in [-0.1, -0.05) is 20.3 Å². The Bertz CT molecular complexity index is 275. The first kappa shape index (κ1) is 12.1. The van der Waals surface area contributed by atoms with Crippen molar-refractivity contribution in [3.63, 3.8) is 0 Å². The molecule has 1 rings (SSSR count). The summed E-state index contributed by atoms with van der Waals surface area (Å²) in [6.07, 6.45) is 9.14. The van der Waals surface area contributed by atoms with E-state index < -0.39 is 0 Å². The van der Waals surface area contributed by atoms with E-state index in [2.05, 4.69) is 25.1 Å². The SMILES string of the molecule is C#CCC(C)NC(=O)C1CCCC1(C)C. The van der Waals surface area contributed by atoms with Gasteiger partial charge in [0.25, 0.3) is 0 Å². The summed E-state index contributed by atoms with van der Waals surface area (Å²) in [7, 11) is 0. The highest BCUT2D eigenvalue weighted by Crippen LogP contribution is 2.42. The molecule has 1 aliphatic carbocycles. The van der Waals surface area contributed by atoms with Crippen LogP contribution in [0.4, 0.5) is 0 Å². The van der Waals surface area contributed by atoms with Gasteiger partial charge in [-0.3, -0.25) is 4.79 Å². The zero-order chi connectivity index (χ0) is 11.5. The molecule has 1 N–H and O–H groups in total. The Hall–Kier alpha value is -0.970. The molecule has 0 radical (unpaired) electrons. The third-order valence-corrected chi connectivity index (χ3v) is 3.39. The summed E-state index contributed by atoms with van der Waals surface area (Å²) in [6, 6.07) is 0.0962. The molecule has 0 aromatic rings. The molecule has 0 heterocycles. The molecule has 2 nitrogen and oxygen atoms in total. The molecule has 15 heavy (non-hydrogen) atoms. The lowest BCUT2D eigenvalue weighted by Crippen LogP contribution is -2.40. The lowest BCUT2D eigenvalue weighted by atomic mass is 9.81. The van der Waals surface area contributed by atoms with Crippen molar-refractivity contribution in [2.45, 2.75) is 52.5 Å². The van der Waals surface area contributed by atoms with Crippen molar-refractivity contribution in [1.82, 2.24) is 5.32 Å². The molecule has 2 heteroatoms. The first-order valence-corrected chi connectivity index (χ1v) is 5.71. The standard InChI is InChI=1S/C13H21NO/c1-5-7-10(2)14-12(15)11-8-6-9-13(11,3)4/h1,10-11H,6-9H2,2-4H3,(H,14,15). The molecule has 84 valence electrons. The molecule has 1 saturated carbocycles. The number of rotatable bonds is 3. The first-order valence-electron chi connectivity index (χ1n) is 5.71. The van der Waals surface area contributed by atoms with Gasteiger partial charge in [0, 0.05) is 18.4 Å². The second kappa shape index (κ2) is 4.70. The van der Waals surface area contributed by atoms with E-state index in [0.29, 0.717) is 6.42 Å². The molecular formula is C13H21NO. The highest BCUT2D eigenvalue weighted by molar-refractivity contribution is 5.80. The highest BCUT2D eigenvalue weighted by atomic mass is 16.2. The summed E-state index contributed by atoms with van der Waals surface area (Å²) in [5.41, 5.74) is 0.153. The van der Waals surface area contributed by atoms with E-state index >= 15 is 0 Å². The fraction of sp³-hybridized carbons (Fsp3) is 0.769. The fourth-order valence-electron chi connectivity index (χ4n) is 2.38. The Labute approximate surface area is 92.8 Å². The Morgan fingerprint density at radius 2 is 2.33 bits per heavy atom. The van der Waals surface area contributed by atoms with Crippen LogP contribution in [-0.4, -0.2) is 11.9 Å². The number of carbonyl (C=O) groups excluding carboxylic acids is 1. The van der Waals surface area contributed by atoms with E-state index in [-0.39, 0.29) is 23.3 Å². The predicted molar refractivity (Wildman–Crippen MR) is 62.2 cm³/mol. The summed E-state index contributed by atoms with van der Waals surface area (Å²) in [5, 5.41) is 3.00. The first-order chi connectivity index (χ1) is 6.97. The Balaban J connectivity index is 2.51. The third-order valence-electron chi connectivity index (χ3n) is 3.39. The number of terminal acetylenes is 1. The molecule has 0 aromatic carbocycles. The van der Waals surface area contributed by atoms with Gasteiger partial charge in [0.15, 0.2) is 0 Å². The van der Waals surface area contributed by atoms with Crippen molar-refractivity contribution in [1.29, 1.82) is 0 Å². The summed E-state index contributed by atoms with van der Waals surface area (Å²) in [5.74, 6) is 2.91. The van der Waals surface area contributed by atoms with E-state index in [0.717, 1.165) is 19.3 Å². The van der Waals surface area contributed by atoms with E-state index in [1.54, 1.807) is 0 Å². The Kier molecular flexibility index (Phi) is 3.79. The minimum absolute atomic E-state index is 0.0962. The summed E-state index contributed by atoms with van der Waals surface area (Å²) in [6.45, 7) is 6.31. The molecular weight excluding hydrogens is 186 g/mol. The van der Waals surface area contributed by atoms with Crippen molar-refractivity contribution in [3.8, 4) is 12.3 Å². The van der Waals surface area contributed by atoms with Crippen molar-refractivity contribution in [2.24, 2.45) is 11.3 Å². The van der Waals surface area contributed by atoms with Gasteiger partial charge in [-0.15, -0.1) is 12.3 Å². The smallest absolute Gasteiger partial charge is 0.223 e. The van der Waals surface area contributed by atoms with Crippen LogP contribution in [0.2, 0.25) is 0 Å². The minimum atomic E-state index is 0.0962. The Morgan fingerprint density at radius 1 is 1.67 bits per heavy atom. The van der Waals surface area contributed by atoms with Crippen molar-refractivity contribution in [2.75, 3.05) is 0 Å². The van der Waals surface area contributed by atoms with Gasteiger partial charge in [-0.25, -0.2) is 0 Å². The lowest BCUT2D eigenvalue weighted by Gasteiger charge is -2.27. The van der Waals surface area contributed by atoms with Gasteiger partial charge < -0.3 is 5.32 Å². The van der Waals surface area contributed by atoms with Crippen LogP contribution in [0.25, 0.3) is 0 Å². The van der Waals surface area contributed by atoms with Gasteiger partial charge in [0.05, 0.1) is 0 Å². The van der Waals surface area contributed by atoms with Crippen LogP contribution >= 0.6 is 0 Å². The van der Waals surface area contributed by atoms with Gasteiger partial charge in [0.2, 0.25) is 5.91 Å². The summed E-state index contributed by atoms with van der Waals surface area (Å²) in [4.78, 5) is 12.0. The normalized spacial score (nSPS) is 25.6. The van der Waals surface area contributed by atoms with Crippen LogP contribution in [0.15, 0.2) is 0 Å². The molecule has 0 spiro atoms. The van der Waals surface area contributed by atoms with E-state index in [9.17, 15) is 4.79 Å². The molecule has 0 aliphatic heterocycles.